The van der Waals surface area contributed by atoms with E-state index in [0.717, 1.165) is 144 Å². The average Bonchev–Trinajstić information content (AvgIpc) is 1.57. The van der Waals surface area contributed by atoms with Gasteiger partial charge in [0, 0.05) is 112 Å². The molecule has 14 aromatic rings. The fourth-order valence-corrected chi connectivity index (χ4v) is 16.8. The molecular weight excluding hydrogens is 1480 g/mol. The number of nitrogens with zero attached hydrogens (tertiary/aromatic N) is 5. The summed E-state index contributed by atoms with van der Waals surface area (Å²) >= 11 is 0. The van der Waals surface area contributed by atoms with Crippen LogP contribution in [0, 0.1) is 0 Å². The minimum absolute atomic E-state index is 0.0122. The van der Waals surface area contributed by atoms with E-state index in [9.17, 15) is 33.6 Å². The van der Waals surface area contributed by atoms with E-state index < -0.39 is 0 Å². The van der Waals surface area contributed by atoms with Gasteiger partial charge in [-0.25, -0.2) is 0 Å². The molecule has 14 aromatic carbocycles. The van der Waals surface area contributed by atoms with Gasteiger partial charge in [-0.15, -0.1) is 0 Å². The van der Waals surface area contributed by atoms with Crippen molar-refractivity contribution in [3.8, 4) is 11.5 Å². The Labute approximate surface area is 694 Å². The molecule has 0 fully saturated rings. The van der Waals surface area contributed by atoms with Gasteiger partial charge in [-0.05, 0) is 238 Å². The maximum Gasteiger partial charge on any atom is 0.258 e. The van der Waals surface area contributed by atoms with Crippen LogP contribution in [0.2, 0.25) is 0 Å². The molecule has 14 nitrogen and oxygen atoms in total. The van der Waals surface area contributed by atoms with Gasteiger partial charge in [0.1, 0.15) is 36.6 Å². The average molecular weight is 1570 g/mol. The van der Waals surface area contributed by atoms with Crippen LogP contribution in [-0.4, -0.2) is 76.2 Å². The molecule has 4 atom stereocenters. The Bertz CT molecular complexity index is 5930. The number of unbranched alkanes of at least 4 members (excludes halogenated alkanes) is 1. The van der Waals surface area contributed by atoms with Crippen molar-refractivity contribution in [1.29, 1.82) is 0 Å². The van der Waals surface area contributed by atoms with Gasteiger partial charge in [-0.2, -0.15) is 0 Å². The number of rotatable bonds is 17. The molecule has 5 aliphatic rings. The number of fused-ring (bicyclic) bond motifs is 6. The lowest BCUT2D eigenvalue weighted by molar-refractivity contribution is -0.117. The van der Waals surface area contributed by atoms with E-state index in [4.69, 9.17) is 9.47 Å². The second-order valence-corrected chi connectivity index (χ2v) is 30.0. The topological polar surface area (TPSA) is 154 Å². The highest BCUT2D eigenvalue weighted by atomic mass is 16.5. The zero-order valence-corrected chi connectivity index (χ0v) is 66.7. The van der Waals surface area contributed by atoms with E-state index >= 15 is 0 Å². The molecular formula is C105H91N5O9. The number of carbonyl (C=O) groups is 7. The Morgan fingerprint density at radius 1 is 0.395 bits per heavy atom. The van der Waals surface area contributed by atoms with Crippen molar-refractivity contribution < 1.29 is 43.0 Å². The third kappa shape index (κ3) is 17.7. The quantitative estimate of drug-likeness (QED) is 0.0632. The molecule has 19 rings (SSSR count). The minimum Gasteiger partial charge on any atom is -0.497 e. The van der Waals surface area contributed by atoms with Crippen molar-refractivity contribution >= 4 is 93.5 Å². The van der Waals surface area contributed by atoms with Crippen molar-refractivity contribution in [3.05, 3.63) is 423 Å². The van der Waals surface area contributed by atoms with Crippen LogP contribution in [0.4, 0.5) is 39.8 Å². The lowest BCUT2D eigenvalue weighted by Gasteiger charge is -2.30. The van der Waals surface area contributed by atoms with Crippen LogP contribution in [0.25, 0.3) is 10.8 Å². The number of hydrogen-bond acceptors (Lipinski definition) is 11. The first kappa shape index (κ1) is 79.8. The van der Waals surface area contributed by atoms with Gasteiger partial charge in [-0.3, -0.25) is 38.5 Å². The second-order valence-electron chi connectivity index (χ2n) is 30.0. The normalized spacial score (nSPS) is 15.4. The summed E-state index contributed by atoms with van der Waals surface area (Å²) in [5.74, 6) is 2.03. The van der Waals surface area contributed by atoms with Gasteiger partial charge in [0.05, 0.1) is 25.8 Å². The van der Waals surface area contributed by atoms with Crippen LogP contribution in [0.5, 0.6) is 11.5 Å². The predicted octanol–water partition coefficient (Wildman–Crippen LogP) is 22.4. The maximum absolute atomic E-state index is 13.8. The maximum atomic E-state index is 13.8. The summed E-state index contributed by atoms with van der Waals surface area (Å²) < 4.78 is 11.4. The highest BCUT2D eigenvalue weighted by Gasteiger charge is 2.44. The van der Waals surface area contributed by atoms with E-state index in [1.54, 1.807) is 37.1 Å². The molecule has 14 heteroatoms. The van der Waals surface area contributed by atoms with Gasteiger partial charge >= 0.3 is 0 Å². The first-order chi connectivity index (χ1) is 58.4. The third-order valence-corrected chi connectivity index (χ3v) is 22.6. The smallest absolute Gasteiger partial charge is 0.258 e. The predicted molar refractivity (Wildman–Crippen MR) is 476 cm³/mol. The number of ether oxygens (including phenoxy) is 2. The number of para-hydroxylation sites is 1. The zero-order valence-electron chi connectivity index (χ0n) is 66.7. The standard InChI is InChI=1S/C29H29NO2.C28H21NO2.C17H15NO2.C16H13NO2.C15H13NO/c1-3-4-17-32-25-13-11-24(12-14-25)30-20-28(27-19-26(31-2)15-16-29(27)30)23-10-9-21-7-5-6-8-22(21)18-23;30-19-20-16-17-25-24(18-20)26(21-10-4-1-5-11-21)27(22-12-6-2-7-13-22)29(25)28(31)23-14-8-3-9-15-23;1-12(20)18-16-8-7-13(11-19)9-15(16)10-17(18)14-5-3-2-4-6-14;18-11-12-6-7-15-14(10-12)8-9-17(15)16(19)13-4-2-1-3-5-13;17-11-12-6-7-15-13(10-12)8-9-16(15)14-4-2-1-3-5-14/h5-16,18-19,28H,3-4,17,20H2,1-2H3;1-19,26-27H;2-9,11,17H,10H2,1H3;1-7,10-11H,8-9H2;1-7,10-11H,8-9H2. The number of amides is 3. The Kier molecular flexibility index (Phi) is 25.2. The summed E-state index contributed by atoms with van der Waals surface area (Å²) in [6, 6.07) is 112. The Hall–Kier alpha value is -14.4. The van der Waals surface area contributed by atoms with E-state index in [0.29, 0.717) is 34.4 Å². The van der Waals surface area contributed by atoms with Crippen LogP contribution in [0.15, 0.2) is 340 Å². The molecule has 0 aliphatic carbocycles. The molecule has 590 valence electrons. The lowest BCUT2D eigenvalue weighted by Crippen LogP contribution is -2.33. The van der Waals surface area contributed by atoms with Gasteiger partial charge in [-0.1, -0.05) is 201 Å². The Morgan fingerprint density at radius 2 is 0.891 bits per heavy atom. The first-order valence-electron chi connectivity index (χ1n) is 40.5. The van der Waals surface area contributed by atoms with Crippen LogP contribution in [-0.2, 0) is 24.1 Å². The number of aldehydes is 4. The molecule has 0 N–H and O–H groups in total. The van der Waals surface area contributed by atoms with E-state index in [1.165, 1.54) is 50.2 Å². The summed E-state index contributed by atoms with van der Waals surface area (Å²) in [6.07, 6.45) is 8.23. The van der Waals surface area contributed by atoms with Gasteiger partial charge in [0.15, 0.2) is 0 Å². The number of methoxy groups -OCH3 is 1. The molecule has 5 heterocycles. The van der Waals surface area contributed by atoms with Crippen molar-refractivity contribution in [2.24, 2.45) is 0 Å². The molecule has 3 amide bonds. The molecule has 0 saturated carbocycles. The number of carbonyl (C=O) groups excluding carboxylic acids is 7. The van der Waals surface area contributed by atoms with E-state index in [1.807, 2.05) is 210 Å². The Morgan fingerprint density at radius 3 is 1.50 bits per heavy atom. The number of benzene rings is 14. The molecule has 0 radical (unpaired) electrons. The highest BCUT2D eigenvalue weighted by molar-refractivity contribution is 6.09. The molecule has 4 unspecified atom stereocenters. The van der Waals surface area contributed by atoms with Crippen molar-refractivity contribution in [2.75, 3.05) is 57.9 Å². The van der Waals surface area contributed by atoms with E-state index in [2.05, 4.69) is 138 Å². The lowest BCUT2D eigenvalue weighted by atomic mass is 9.84. The van der Waals surface area contributed by atoms with Gasteiger partial charge < -0.3 is 29.1 Å². The summed E-state index contributed by atoms with van der Waals surface area (Å²) in [7, 11) is 1.73. The summed E-state index contributed by atoms with van der Waals surface area (Å²) in [6.45, 7) is 7.09. The molecule has 0 aromatic heterocycles. The number of anilines is 7. The minimum atomic E-state index is -0.215. The monoisotopic (exact) mass is 1570 g/mol. The molecule has 0 spiro atoms. The summed E-state index contributed by atoms with van der Waals surface area (Å²) in [5, 5.41) is 2.55. The first-order valence-corrected chi connectivity index (χ1v) is 40.5. The molecule has 5 aliphatic heterocycles. The number of hydrogen-bond donors (Lipinski definition) is 0. The van der Waals surface area contributed by atoms with Gasteiger partial charge in [0.25, 0.3) is 11.8 Å². The van der Waals surface area contributed by atoms with Crippen molar-refractivity contribution in [2.45, 2.75) is 69.9 Å². The van der Waals surface area contributed by atoms with Crippen molar-refractivity contribution in [1.82, 2.24) is 0 Å². The SMILES string of the molecule is CC(=O)N1c2ccc(C=O)cc2CC1c1ccccc1.CCCCOc1ccc(N2CC(c3ccc4ccccc4c3)c3cc(OC)ccc32)cc1.O=Cc1ccc2c(c1)C(c1ccccc1)C(c1ccccc1)N2C(=O)c1ccccc1.O=Cc1ccc2c(c1)CCN2C(=O)c1ccccc1.O=Cc1ccc2c(c1)CCN2c1ccccc1. The van der Waals surface area contributed by atoms with Crippen LogP contribution >= 0.6 is 0 Å². The van der Waals surface area contributed by atoms with Gasteiger partial charge in [0.2, 0.25) is 5.91 Å². The fourth-order valence-electron chi connectivity index (χ4n) is 16.8. The highest BCUT2D eigenvalue weighted by Crippen LogP contribution is 2.53. The second kappa shape index (κ2) is 37.5. The molecule has 0 bridgehead atoms. The molecule has 0 saturated heterocycles. The fraction of sp³-hybridized carbons (Fsp3) is 0.152. The van der Waals surface area contributed by atoms with Crippen molar-refractivity contribution in [3.63, 3.8) is 0 Å². The van der Waals surface area contributed by atoms with Crippen LogP contribution in [0.3, 0.4) is 0 Å². The van der Waals surface area contributed by atoms with Crippen LogP contribution in [0.1, 0.15) is 163 Å². The molecule has 119 heavy (non-hydrogen) atoms. The summed E-state index contributed by atoms with van der Waals surface area (Å²) in [4.78, 5) is 92.4. The summed E-state index contributed by atoms with van der Waals surface area (Å²) in [5.41, 5.74) is 21.9. The Balaban J connectivity index is 0.000000119. The third-order valence-electron chi connectivity index (χ3n) is 22.6. The van der Waals surface area contributed by atoms with E-state index in [-0.39, 0.29) is 41.6 Å². The zero-order chi connectivity index (χ0) is 82.1. The largest absolute Gasteiger partial charge is 0.497 e. The van der Waals surface area contributed by atoms with Crippen LogP contribution < -0.4 is 34.0 Å².